The van der Waals surface area contributed by atoms with E-state index in [1.165, 1.54) is 5.56 Å². The van der Waals surface area contributed by atoms with Crippen LogP contribution in [0.15, 0.2) is 24.3 Å². The summed E-state index contributed by atoms with van der Waals surface area (Å²) in [7, 11) is 0. The van der Waals surface area contributed by atoms with Gasteiger partial charge >= 0.3 is 0 Å². The Hall–Kier alpha value is -1.10. The monoisotopic (exact) mass is 306 g/mol. The number of nitrogens with zero attached hydrogens (tertiary/aromatic N) is 2. The van der Waals surface area contributed by atoms with Gasteiger partial charge in [-0.1, -0.05) is 12.1 Å². The van der Waals surface area contributed by atoms with Crippen molar-refractivity contribution < 1.29 is 9.47 Å². The summed E-state index contributed by atoms with van der Waals surface area (Å²) in [5, 5.41) is 0. The number of benzene rings is 1. The predicted molar refractivity (Wildman–Crippen MR) is 90.6 cm³/mol. The van der Waals surface area contributed by atoms with Gasteiger partial charge in [0, 0.05) is 45.4 Å². The molecule has 1 aliphatic heterocycles. The summed E-state index contributed by atoms with van der Waals surface area (Å²) in [6.45, 7) is 14.3. The molecule has 0 bridgehead atoms. The third kappa shape index (κ3) is 5.59. The average molecular weight is 306 g/mol. The molecule has 0 unspecified atom stereocenters. The molecule has 4 nitrogen and oxygen atoms in total. The van der Waals surface area contributed by atoms with E-state index in [0.717, 1.165) is 58.3 Å². The van der Waals surface area contributed by atoms with E-state index in [0.29, 0.717) is 6.04 Å². The molecular formula is C18H30N2O2. The van der Waals surface area contributed by atoms with Crippen molar-refractivity contribution in [2.24, 2.45) is 0 Å². The Morgan fingerprint density at radius 1 is 1.18 bits per heavy atom. The van der Waals surface area contributed by atoms with Crippen LogP contribution in [0.25, 0.3) is 0 Å². The smallest absolute Gasteiger partial charge is 0.119 e. The van der Waals surface area contributed by atoms with Crippen molar-refractivity contribution in [2.75, 3.05) is 52.5 Å². The molecule has 4 heteroatoms. The molecular weight excluding hydrogens is 276 g/mol. The second-order valence-corrected chi connectivity index (χ2v) is 6.05. The van der Waals surface area contributed by atoms with Crippen LogP contribution in [0.3, 0.4) is 0 Å². The molecule has 0 amide bonds. The average Bonchev–Trinajstić information content (AvgIpc) is 2.50. The highest BCUT2D eigenvalue weighted by Crippen LogP contribution is 2.13. The van der Waals surface area contributed by atoms with Crippen LogP contribution in [0.5, 0.6) is 5.75 Å². The first-order chi connectivity index (χ1) is 10.7. The minimum absolute atomic E-state index is 0.591. The van der Waals surface area contributed by atoms with Gasteiger partial charge < -0.3 is 9.47 Å². The van der Waals surface area contributed by atoms with E-state index in [4.69, 9.17) is 9.47 Å². The summed E-state index contributed by atoms with van der Waals surface area (Å²) in [4.78, 5) is 5.02. The quantitative estimate of drug-likeness (QED) is 0.689. The number of aryl methyl sites for hydroxylation is 1. The SMILES string of the molecule is CCOCCN1CCN(CCOc2cccc(C)c2)C[C@H]1C. The van der Waals surface area contributed by atoms with E-state index in [9.17, 15) is 0 Å². The summed E-state index contributed by atoms with van der Waals surface area (Å²) in [5.41, 5.74) is 1.24. The first kappa shape index (κ1) is 17.3. The zero-order chi connectivity index (χ0) is 15.8. The summed E-state index contributed by atoms with van der Waals surface area (Å²) in [5.74, 6) is 0.975. The molecule has 0 spiro atoms. The van der Waals surface area contributed by atoms with Crippen molar-refractivity contribution in [1.82, 2.24) is 9.80 Å². The lowest BCUT2D eigenvalue weighted by Gasteiger charge is -2.39. The first-order valence-corrected chi connectivity index (χ1v) is 8.42. The van der Waals surface area contributed by atoms with Gasteiger partial charge in [-0.05, 0) is 38.5 Å². The highest BCUT2D eigenvalue weighted by atomic mass is 16.5. The van der Waals surface area contributed by atoms with Crippen LogP contribution in [0, 0.1) is 6.92 Å². The topological polar surface area (TPSA) is 24.9 Å². The Bertz CT molecular complexity index is 439. The van der Waals surface area contributed by atoms with E-state index in [1.54, 1.807) is 0 Å². The zero-order valence-electron chi connectivity index (χ0n) is 14.3. The third-order valence-corrected chi connectivity index (χ3v) is 4.24. The van der Waals surface area contributed by atoms with Crippen LogP contribution in [0.4, 0.5) is 0 Å². The highest BCUT2D eigenvalue weighted by Gasteiger charge is 2.22. The van der Waals surface area contributed by atoms with Crippen molar-refractivity contribution in [2.45, 2.75) is 26.8 Å². The molecule has 22 heavy (non-hydrogen) atoms. The predicted octanol–water partition coefficient (Wildman–Crippen LogP) is 2.42. The lowest BCUT2D eigenvalue weighted by atomic mass is 10.2. The van der Waals surface area contributed by atoms with E-state index in [-0.39, 0.29) is 0 Å². The molecule has 1 atom stereocenters. The second kappa shape index (κ2) is 9.13. The van der Waals surface area contributed by atoms with Gasteiger partial charge in [-0.3, -0.25) is 9.80 Å². The normalized spacial score (nSPS) is 20.2. The molecule has 0 radical (unpaired) electrons. The fourth-order valence-corrected chi connectivity index (χ4v) is 2.93. The molecule has 1 aromatic carbocycles. The minimum atomic E-state index is 0.591. The van der Waals surface area contributed by atoms with Crippen LogP contribution >= 0.6 is 0 Å². The van der Waals surface area contributed by atoms with Crippen LogP contribution < -0.4 is 4.74 Å². The van der Waals surface area contributed by atoms with Gasteiger partial charge in [-0.15, -0.1) is 0 Å². The number of hydrogen-bond acceptors (Lipinski definition) is 4. The summed E-state index contributed by atoms with van der Waals surface area (Å²) in [6.07, 6.45) is 0. The molecule has 2 rings (SSSR count). The Kier molecular flexibility index (Phi) is 7.16. The van der Waals surface area contributed by atoms with Crippen molar-refractivity contribution in [3.05, 3.63) is 29.8 Å². The maximum absolute atomic E-state index is 5.86. The third-order valence-electron chi connectivity index (χ3n) is 4.24. The van der Waals surface area contributed by atoms with Gasteiger partial charge in [0.15, 0.2) is 0 Å². The largest absolute Gasteiger partial charge is 0.492 e. The lowest BCUT2D eigenvalue weighted by Crippen LogP contribution is -2.53. The fourth-order valence-electron chi connectivity index (χ4n) is 2.93. The number of hydrogen-bond donors (Lipinski definition) is 0. The Morgan fingerprint density at radius 2 is 2.05 bits per heavy atom. The van der Waals surface area contributed by atoms with Crippen LogP contribution in [-0.4, -0.2) is 68.4 Å². The van der Waals surface area contributed by atoms with Crippen LogP contribution in [0.2, 0.25) is 0 Å². The molecule has 1 fully saturated rings. The first-order valence-electron chi connectivity index (χ1n) is 8.42. The van der Waals surface area contributed by atoms with E-state index in [1.807, 2.05) is 12.1 Å². The molecule has 124 valence electrons. The lowest BCUT2D eigenvalue weighted by molar-refractivity contribution is 0.0447. The van der Waals surface area contributed by atoms with Crippen LogP contribution in [-0.2, 0) is 4.74 Å². The molecule has 1 aromatic rings. The molecule has 0 aliphatic carbocycles. The van der Waals surface area contributed by atoms with Gasteiger partial charge in [0.25, 0.3) is 0 Å². The second-order valence-electron chi connectivity index (χ2n) is 6.05. The maximum atomic E-state index is 5.86. The Morgan fingerprint density at radius 3 is 2.77 bits per heavy atom. The van der Waals surface area contributed by atoms with E-state index in [2.05, 4.69) is 42.7 Å². The standard InChI is InChI=1S/C18H30N2O2/c1-4-21-12-11-20-9-8-19(15-17(20)3)10-13-22-18-7-5-6-16(2)14-18/h5-7,14,17H,4,8-13,15H2,1-3H3/t17-/m1/s1. The minimum Gasteiger partial charge on any atom is -0.492 e. The van der Waals surface area contributed by atoms with Crippen molar-refractivity contribution in [3.63, 3.8) is 0 Å². The molecule has 1 aliphatic rings. The number of piperazine rings is 1. The van der Waals surface area contributed by atoms with E-state index >= 15 is 0 Å². The maximum Gasteiger partial charge on any atom is 0.119 e. The number of rotatable bonds is 8. The Balaban J connectivity index is 1.66. The fraction of sp³-hybridized carbons (Fsp3) is 0.667. The molecule has 0 aromatic heterocycles. The summed E-state index contributed by atoms with van der Waals surface area (Å²) < 4.78 is 11.3. The van der Waals surface area contributed by atoms with Crippen molar-refractivity contribution in [1.29, 1.82) is 0 Å². The van der Waals surface area contributed by atoms with Gasteiger partial charge in [0.05, 0.1) is 6.61 Å². The molecule has 1 heterocycles. The number of ether oxygens (including phenoxy) is 2. The Labute approximate surface area is 135 Å². The molecule has 0 saturated carbocycles. The molecule has 0 N–H and O–H groups in total. The summed E-state index contributed by atoms with van der Waals surface area (Å²) in [6, 6.07) is 8.85. The van der Waals surface area contributed by atoms with E-state index < -0.39 is 0 Å². The molecule has 1 saturated heterocycles. The van der Waals surface area contributed by atoms with Gasteiger partial charge in [-0.25, -0.2) is 0 Å². The highest BCUT2D eigenvalue weighted by molar-refractivity contribution is 5.27. The van der Waals surface area contributed by atoms with Gasteiger partial charge in [0.2, 0.25) is 0 Å². The van der Waals surface area contributed by atoms with Gasteiger partial charge in [-0.2, -0.15) is 0 Å². The zero-order valence-corrected chi connectivity index (χ0v) is 14.3. The van der Waals surface area contributed by atoms with Gasteiger partial charge in [0.1, 0.15) is 12.4 Å². The van der Waals surface area contributed by atoms with Crippen LogP contribution in [0.1, 0.15) is 19.4 Å². The van der Waals surface area contributed by atoms with Crippen molar-refractivity contribution in [3.8, 4) is 5.75 Å². The van der Waals surface area contributed by atoms with Crippen molar-refractivity contribution >= 4 is 0 Å². The summed E-state index contributed by atoms with van der Waals surface area (Å²) >= 11 is 0.